The fourth-order valence-corrected chi connectivity index (χ4v) is 3.25. The Bertz CT molecular complexity index is 338. The second-order valence-electron chi connectivity index (χ2n) is 7.46. The molecule has 19 heavy (non-hydrogen) atoms. The molecule has 2 rings (SSSR count). The molecule has 0 spiro atoms. The van der Waals surface area contributed by atoms with Crippen LogP contribution in [-0.2, 0) is 4.79 Å². The first-order valence-corrected chi connectivity index (χ1v) is 7.95. The molecule has 1 amide bonds. The number of hydrogen-bond donors (Lipinski definition) is 1. The smallest absolute Gasteiger partial charge is 0.241 e. The van der Waals surface area contributed by atoms with Crippen LogP contribution in [0, 0.1) is 11.3 Å². The first-order valence-electron chi connectivity index (χ1n) is 7.95. The Morgan fingerprint density at radius 3 is 2.53 bits per heavy atom. The molecule has 0 aromatic heterocycles. The van der Waals surface area contributed by atoms with Crippen molar-refractivity contribution >= 4 is 5.91 Å². The van der Waals surface area contributed by atoms with Crippen molar-refractivity contribution < 1.29 is 4.79 Å². The first kappa shape index (κ1) is 14.8. The number of carbonyl (C=O) groups is 1. The molecule has 3 unspecified atom stereocenters. The highest BCUT2D eigenvalue weighted by molar-refractivity contribution is 5.85. The zero-order valence-electron chi connectivity index (χ0n) is 13.2. The zero-order valence-corrected chi connectivity index (χ0v) is 13.2. The number of nitrogens with one attached hydrogen (secondary N) is 1. The van der Waals surface area contributed by atoms with E-state index in [4.69, 9.17) is 0 Å². The third kappa shape index (κ3) is 3.13. The maximum atomic E-state index is 12.6. The molecule has 3 nitrogen and oxygen atoms in total. The average Bonchev–Trinajstić information content (AvgIpc) is 2.80. The van der Waals surface area contributed by atoms with Crippen LogP contribution in [0.1, 0.15) is 66.7 Å². The number of amides is 1. The van der Waals surface area contributed by atoms with Crippen molar-refractivity contribution in [1.82, 2.24) is 10.2 Å². The summed E-state index contributed by atoms with van der Waals surface area (Å²) in [6, 6.07) is 0.531. The van der Waals surface area contributed by atoms with Crippen molar-refractivity contribution in [2.24, 2.45) is 11.3 Å². The number of hydrogen-bond acceptors (Lipinski definition) is 2. The fraction of sp³-hybridized carbons (Fsp3) is 0.938. The molecule has 0 radical (unpaired) electrons. The van der Waals surface area contributed by atoms with Crippen LogP contribution in [0.15, 0.2) is 0 Å². The van der Waals surface area contributed by atoms with Gasteiger partial charge in [0, 0.05) is 6.04 Å². The molecule has 1 heterocycles. The number of unbranched alkanes of at least 4 members (excludes halogenated alkanes) is 1. The molecule has 1 saturated carbocycles. The van der Waals surface area contributed by atoms with Gasteiger partial charge in [0.1, 0.15) is 0 Å². The molecule has 0 bridgehead atoms. The van der Waals surface area contributed by atoms with Gasteiger partial charge in [-0.05, 0) is 30.6 Å². The first-order chi connectivity index (χ1) is 8.86. The monoisotopic (exact) mass is 266 g/mol. The lowest BCUT2D eigenvalue weighted by atomic mass is 10.1. The van der Waals surface area contributed by atoms with Gasteiger partial charge in [-0.1, -0.05) is 47.5 Å². The number of carbonyl (C=O) groups excluding carboxylic acids is 1. The van der Waals surface area contributed by atoms with Crippen LogP contribution in [0.4, 0.5) is 0 Å². The maximum Gasteiger partial charge on any atom is 0.241 e. The van der Waals surface area contributed by atoms with Gasteiger partial charge < -0.3 is 4.90 Å². The summed E-state index contributed by atoms with van der Waals surface area (Å²) in [5.74, 6) is 0.981. The van der Waals surface area contributed by atoms with Gasteiger partial charge in [0.25, 0.3) is 0 Å². The summed E-state index contributed by atoms with van der Waals surface area (Å²) in [6.07, 6.45) is 5.79. The summed E-state index contributed by atoms with van der Waals surface area (Å²) in [6.45, 7) is 11.2. The van der Waals surface area contributed by atoms with E-state index in [9.17, 15) is 4.79 Å². The van der Waals surface area contributed by atoms with E-state index in [0.717, 1.165) is 32.1 Å². The fourth-order valence-electron chi connectivity index (χ4n) is 3.25. The largest absolute Gasteiger partial charge is 0.322 e. The Kier molecular flexibility index (Phi) is 4.24. The van der Waals surface area contributed by atoms with Crippen LogP contribution in [0.3, 0.4) is 0 Å². The maximum absolute atomic E-state index is 12.6. The molecule has 2 fully saturated rings. The normalized spacial score (nSPS) is 33.3. The minimum Gasteiger partial charge on any atom is -0.322 e. The second-order valence-corrected chi connectivity index (χ2v) is 7.46. The van der Waals surface area contributed by atoms with Gasteiger partial charge in [-0.3, -0.25) is 10.1 Å². The quantitative estimate of drug-likeness (QED) is 0.801. The van der Waals surface area contributed by atoms with E-state index in [0.29, 0.717) is 23.3 Å². The molecular weight excluding hydrogens is 236 g/mol. The molecule has 1 saturated heterocycles. The van der Waals surface area contributed by atoms with Gasteiger partial charge in [-0.2, -0.15) is 0 Å². The number of nitrogens with zero attached hydrogens (tertiary/aromatic N) is 1. The van der Waals surface area contributed by atoms with Crippen molar-refractivity contribution in [3.63, 3.8) is 0 Å². The molecular formula is C16H30N2O. The lowest BCUT2D eigenvalue weighted by molar-refractivity contribution is -0.131. The van der Waals surface area contributed by atoms with Crippen molar-refractivity contribution in [2.45, 2.75) is 85.0 Å². The molecule has 3 atom stereocenters. The predicted octanol–water partition coefficient (Wildman–Crippen LogP) is 3.15. The van der Waals surface area contributed by atoms with Crippen molar-refractivity contribution in [3.8, 4) is 0 Å². The van der Waals surface area contributed by atoms with E-state index < -0.39 is 0 Å². The predicted molar refractivity (Wildman–Crippen MR) is 78.7 cm³/mol. The van der Waals surface area contributed by atoms with Crippen LogP contribution in [0.25, 0.3) is 0 Å². The highest BCUT2D eigenvalue weighted by atomic mass is 16.2. The Hall–Kier alpha value is -0.570. The number of rotatable bonds is 6. The lowest BCUT2D eigenvalue weighted by Crippen LogP contribution is -2.41. The Balaban J connectivity index is 2.05. The van der Waals surface area contributed by atoms with Crippen LogP contribution >= 0.6 is 0 Å². The van der Waals surface area contributed by atoms with Crippen LogP contribution in [-0.4, -0.2) is 29.1 Å². The molecule has 1 aliphatic heterocycles. The van der Waals surface area contributed by atoms with Gasteiger partial charge in [0.05, 0.1) is 12.2 Å². The Morgan fingerprint density at radius 1 is 1.42 bits per heavy atom. The summed E-state index contributed by atoms with van der Waals surface area (Å²) < 4.78 is 0. The van der Waals surface area contributed by atoms with E-state index in [1.165, 1.54) is 0 Å². The van der Waals surface area contributed by atoms with E-state index in [1.807, 2.05) is 0 Å². The summed E-state index contributed by atoms with van der Waals surface area (Å²) >= 11 is 0. The Labute approximate surface area is 118 Å². The molecule has 0 aromatic rings. The van der Waals surface area contributed by atoms with E-state index in [2.05, 4.69) is 44.8 Å². The summed E-state index contributed by atoms with van der Waals surface area (Å²) in [5.41, 5.74) is 0.326. The molecule has 0 aromatic carbocycles. The zero-order chi connectivity index (χ0) is 14.2. The van der Waals surface area contributed by atoms with Crippen molar-refractivity contribution in [3.05, 3.63) is 0 Å². The van der Waals surface area contributed by atoms with E-state index >= 15 is 0 Å². The average molecular weight is 266 g/mol. The molecule has 2 aliphatic rings. The van der Waals surface area contributed by atoms with Crippen molar-refractivity contribution in [2.75, 3.05) is 0 Å². The third-order valence-corrected chi connectivity index (χ3v) is 4.62. The van der Waals surface area contributed by atoms with E-state index in [-0.39, 0.29) is 12.2 Å². The molecule has 3 heteroatoms. The summed E-state index contributed by atoms with van der Waals surface area (Å²) in [7, 11) is 0. The van der Waals surface area contributed by atoms with Crippen LogP contribution in [0.5, 0.6) is 0 Å². The lowest BCUT2D eigenvalue weighted by Gasteiger charge is -2.27. The van der Waals surface area contributed by atoms with Gasteiger partial charge >= 0.3 is 0 Å². The third-order valence-electron chi connectivity index (χ3n) is 4.62. The van der Waals surface area contributed by atoms with Gasteiger partial charge in [-0.25, -0.2) is 0 Å². The summed E-state index contributed by atoms with van der Waals surface area (Å²) in [4.78, 5) is 14.8. The van der Waals surface area contributed by atoms with Crippen LogP contribution in [0.2, 0.25) is 0 Å². The molecule has 110 valence electrons. The standard InChI is InChI=1S/C16H30N2O/c1-6-7-8-12-15(19)18(13-10-16(13,4)5)14(17-12)9-11(2)3/h11-14,17H,6-10H2,1-5H3. The highest BCUT2D eigenvalue weighted by Gasteiger charge is 2.56. The molecule has 1 aliphatic carbocycles. The van der Waals surface area contributed by atoms with Gasteiger partial charge in [0.15, 0.2) is 0 Å². The van der Waals surface area contributed by atoms with Crippen molar-refractivity contribution in [1.29, 1.82) is 0 Å². The minimum absolute atomic E-state index is 0.0695. The van der Waals surface area contributed by atoms with Gasteiger partial charge in [0.2, 0.25) is 5.91 Å². The Morgan fingerprint density at radius 2 is 2.05 bits per heavy atom. The minimum atomic E-state index is 0.0695. The second kappa shape index (κ2) is 5.43. The van der Waals surface area contributed by atoms with Crippen LogP contribution < -0.4 is 5.32 Å². The molecule has 1 N–H and O–H groups in total. The van der Waals surface area contributed by atoms with Gasteiger partial charge in [-0.15, -0.1) is 0 Å². The van der Waals surface area contributed by atoms with E-state index in [1.54, 1.807) is 0 Å². The highest BCUT2D eigenvalue weighted by Crippen LogP contribution is 2.50. The SMILES string of the molecule is CCCCC1NC(CC(C)C)N(C2CC2(C)C)C1=O. The summed E-state index contributed by atoms with van der Waals surface area (Å²) in [5, 5.41) is 3.59. The topological polar surface area (TPSA) is 32.3 Å².